The quantitative estimate of drug-likeness (QED) is 0.873. The molecule has 1 heterocycles. The molecule has 0 aliphatic carbocycles. The standard InChI is InChI=1S/C15H22N2O4S/c1-12-9-17(22(2,20)21)14(8-15(18)19)11-16(12)10-13-6-4-3-5-7-13/h3-7,12,14H,8-11H2,1-2H3,(H,18,19)/t12-,14+/m1/s1. The van der Waals surface area contributed by atoms with Gasteiger partial charge < -0.3 is 5.11 Å². The first-order chi connectivity index (χ1) is 10.3. The normalized spacial score (nSPS) is 24.3. The van der Waals surface area contributed by atoms with Crippen molar-refractivity contribution >= 4 is 16.0 Å². The zero-order chi connectivity index (χ0) is 16.3. The van der Waals surface area contributed by atoms with E-state index >= 15 is 0 Å². The first-order valence-electron chi connectivity index (χ1n) is 7.24. The first kappa shape index (κ1) is 16.9. The minimum atomic E-state index is -3.41. The van der Waals surface area contributed by atoms with Crippen molar-refractivity contribution in [2.45, 2.75) is 32.0 Å². The van der Waals surface area contributed by atoms with Crippen LogP contribution in [0.1, 0.15) is 18.9 Å². The van der Waals surface area contributed by atoms with Crippen LogP contribution in [0.4, 0.5) is 0 Å². The van der Waals surface area contributed by atoms with E-state index in [1.165, 1.54) is 4.31 Å². The fourth-order valence-corrected chi connectivity index (χ4v) is 4.05. The van der Waals surface area contributed by atoms with E-state index in [1.54, 1.807) is 0 Å². The third-order valence-electron chi connectivity index (χ3n) is 3.98. The van der Waals surface area contributed by atoms with Gasteiger partial charge in [-0.2, -0.15) is 4.31 Å². The van der Waals surface area contributed by atoms with Crippen LogP contribution in [-0.4, -0.2) is 60.1 Å². The van der Waals surface area contributed by atoms with Crippen molar-refractivity contribution < 1.29 is 18.3 Å². The van der Waals surface area contributed by atoms with E-state index in [2.05, 4.69) is 4.90 Å². The van der Waals surface area contributed by atoms with Gasteiger partial charge in [0.1, 0.15) is 0 Å². The second-order valence-corrected chi connectivity index (χ2v) is 7.78. The van der Waals surface area contributed by atoms with Gasteiger partial charge >= 0.3 is 5.97 Å². The smallest absolute Gasteiger partial charge is 0.305 e. The third-order valence-corrected chi connectivity index (χ3v) is 5.28. The van der Waals surface area contributed by atoms with E-state index in [1.807, 2.05) is 37.3 Å². The van der Waals surface area contributed by atoms with Crippen LogP contribution >= 0.6 is 0 Å². The molecule has 1 N–H and O–H groups in total. The van der Waals surface area contributed by atoms with Crippen molar-refractivity contribution in [3.8, 4) is 0 Å². The molecular formula is C15H22N2O4S. The number of nitrogens with zero attached hydrogens (tertiary/aromatic N) is 2. The molecule has 1 fully saturated rings. The Morgan fingerprint density at radius 1 is 1.27 bits per heavy atom. The number of benzene rings is 1. The topological polar surface area (TPSA) is 77.9 Å². The maximum absolute atomic E-state index is 11.9. The molecule has 0 radical (unpaired) electrons. The number of hydrogen-bond acceptors (Lipinski definition) is 4. The molecule has 0 unspecified atom stereocenters. The number of rotatable bonds is 5. The van der Waals surface area contributed by atoms with Gasteiger partial charge in [0.05, 0.1) is 12.7 Å². The summed E-state index contributed by atoms with van der Waals surface area (Å²) in [5, 5.41) is 9.05. The highest BCUT2D eigenvalue weighted by Crippen LogP contribution is 2.22. The van der Waals surface area contributed by atoms with Crippen LogP contribution in [0, 0.1) is 0 Å². The van der Waals surface area contributed by atoms with Crippen molar-refractivity contribution in [2.75, 3.05) is 19.3 Å². The van der Waals surface area contributed by atoms with Crippen LogP contribution in [0.15, 0.2) is 30.3 Å². The summed E-state index contributed by atoms with van der Waals surface area (Å²) in [7, 11) is -3.41. The lowest BCUT2D eigenvalue weighted by Gasteiger charge is -2.43. The summed E-state index contributed by atoms with van der Waals surface area (Å²) in [6.45, 7) is 3.41. The average Bonchev–Trinajstić information content (AvgIpc) is 2.41. The van der Waals surface area contributed by atoms with Gasteiger partial charge in [0.2, 0.25) is 10.0 Å². The van der Waals surface area contributed by atoms with Crippen LogP contribution in [-0.2, 0) is 21.4 Å². The Morgan fingerprint density at radius 3 is 2.45 bits per heavy atom. The summed E-state index contributed by atoms with van der Waals surface area (Å²) in [4.78, 5) is 13.2. The number of aliphatic carboxylic acids is 1. The van der Waals surface area contributed by atoms with Gasteiger partial charge in [-0.1, -0.05) is 30.3 Å². The molecule has 0 bridgehead atoms. The highest BCUT2D eigenvalue weighted by atomic mass is 32.2. The molecule has 6 nitrogen and oxygen atoms in total. The maximum Gasteiger partial charge on any atom is 0.305 e. The summed E-state index contributed by atoms with van der Waals surface area (Å²) in [6.07, 6.45) is 0.965. The molecule has 0 spiro atoms. The van der Waals surface area contributed by atoms with Crippen LogP contribution in [0.5, 0.6) is 0 Å². The van der Waals surface area contributed by atoms with Crippen LogP contribution in [0.2, 0.25) is 0 Å². The minimum absolute atomic E-state index is 0.0416. The Bertz CT molecular complexity index is 618. The fraction of sp³-hybridized carbons (Fsp3) is 0.533. The molecule has 1 aliphatic rings. The Morgan fingerprint density at radius 2 is 1.91 bits per heavy atom. The number of carboxylic acids is 1. The van der Waals surface area contributed by atoms with E-state index in [9.17, 15) is 13.2 Å². The zero-order valence-electron chi connectivity index (χ0n) is 12.8. The van der Waals surface area contributed by atoms with Gasteiger partial charge in [-0.15, -0.1) is 0 Å². The Labute approximate surface area is 131 Å². The molecule has 1 aromatic rings. The molecule has 1 aliphatic heterocycles. The lowest BCUT2D eigenvalue weighted by atomic mass is 10.1. The summed E-state index contributed by atoms with van der Waals surface area (Å²) in [5.41, 5.74) is 1.14. The average molecular weight is 326 g/mol. The largest absolute Gasteiger partial charge is 0.481 e. The predicted octanol–water partition coefficient (Wildman–Crippen LogP) is 0.996. The molecule has 2 atom stereocenters. The maximum atomic E-state index is 11.9. The van der Waals surface area contributed by atoms with Crippen LogP contribution in [0.25, 0.3) is 0 Å². The van der Waals surface area contributed by atoms with E-state index in [4.69, 9.17) is 5.11 Å². The lowest BCUT2D eigenvalue weighted by Crippen LogP contribution is -2.58. The number of sulfonamides is 1. The highest BCUT2D eigenvalue weighted by Gasteiger charge is 2.37. The summed E-state index contributed by atoms with van der Waals surface area (Å²) in [6, 6.07) is 9.42. The molecule has 1 saturated heterocycles. The second-order valence-electron chi connectivity index (χ2n) is 5.85. The molecular weight excluding hydrogens is 304 g/mol. The number of carboxylic acid groups (broad SMARTS) is 1. The van der Waals surface area contributed by atoms with E-state index in [0.29, 0.717) is 19.6 Å². The zero-order valence-corrected chi connectivity index (χ0v) is 13.7. The van der Waals surface area contributed by atoms with E-state index < -0.39 is 22.0 Å². The van der Waals surface area contributed by atoms with Crippen molar-refractivity contribution in [2.24, 2.45) is 0 Å². The molecule has 0 aromatic heterocycles. The van der Waals surface area contributed by atoms with Gasteiger partial charge in [-0.3, -0.25) is 9.69 Å². The van der Waals surface area contributed by atoms with Crippen molar-refractivity contribution in [3.05, 3.63) is 35.9 Å². The van der Waals surface area contributed by atoms with E-state index in [0.717, 1.165) is 11.8 Å². The van der Waals surface area contributed by atoms with Crippen LogP contribution < -0.4 is 0 Å². The van der Waals surface area contributed by atoms with Gasteiger partial charge in [0, 0.05) is 31.7 Å². The Kier molecular flexibility index (Phi) is 5.20. The van der Waals surface area contributed by atoms with Crippen molar-refractivity contribution in [1.29, 1.82) is 0 Å². The van der Waals surface area contributed by atoms with Gasteiger partial charge in [0.25, 0.3) is 0 Å². The van der Waals surface area contributed by atoms with Gasteiger partial charge in [-0.05, 0) is 12.5 Å². The van der Waals surface area contributed by atoms with Gasteiger partial charge in [0.15, 0.2) is 0 Å². The highest BCUT2D eigenvalue weighted by molar-refractivity contribution is 7.88. The molecule has 122 valence electrons. The summed E-state index contributed by atoms with van der Waals surface area (Å²) >= 11 is 0. The molecule has 22 heavy (non-hydrogen) atoms. The van der Waals surface area contributed by atoms with Crippen LogP contribution in [0.3, 0.4) is 0 Å². The monoisotopic (exact) mass is 326 g/mol. The minimum Gasteiger partial charge on any atom is -0.481 e. The summed E-state index contributed by atoms with van der Waals surface area (Å²) < 4.78 is 25.1. The molecule has 0 amide bonds. The predicted molar refractivity (Wildman–Crippen MR) is 83.9 cm³/mol. The second kappa shape index (κ2) is 6.76. The van der Waals surface area contributed by atoms with E-state index in [-0.39, 0.29) is 12.5 Å². The SMILES string of the molecule is C[C@@H]1CN(S(C)(=O)=O)[C@@H](CC(=O)O)CN1Cc1ccccc1. The van der Waals surface area contributed by atoms with Crippen molar-refractivity contribution in [3.63, 3.8) is 0 Å². The number of hydrogen-bond donors (Lipinski definition) is 1. The number of piperazine rings is 1. The van der Waals surface area contributed by atoms with Gasteiger partial charge in [-0.25, -0.2) is 8.42 Å². The fourth-order valence-electron chi connectivity index (χ4n) is 2.88. The first-order valence-corrected chi connectivity index (χ1v) is 9.09. The Balaban J connectivity index is 2.16. The third kappa shape index (κ3) is 4.28. The molecule has 7 heteroatoms. The summed E-state index contributed by atoms with van der Waals surface area (Å²) in [5.74, 6) is -0.979. The molecule has 0 saturated carbocycles. The lowest BCUT2D eigenvalue weighted by molar-refractivity contribution is -0.138. The molecule has 1 aromatic carbocycles. The van der Waals surface area contributed by atoms with Crippen molar-refractivity contribution in [1.82, 2.24) is 9.21 Å². The Hall–Kier alpha value is -1.44. The molecule has 2 rings (SSSR count). The number of carbonyl (C=O) groups is 1.